The zero-order valence-electron chi connectivity index (χ0n) is 22.6. The first-order chi connectivity index (χ1) is 19.1. The Bertz CT molecular complexity index is 1380. The van der Waals surface area contributed by atoms with Crippen molar-refractivity contribution in [3.05, 3.63) is 108 Å². The number of carbonyl (C=O) groups is 1. The minimum atomic E-state index is -0.123. The molecule has 0 unspecified atom stereocenters. The quantitative estimate of drug-likeness (QED) is 0.279. The molecule has 0 atom stereocenters. The van der Waals surface area contributed by atoms with Crippen LogP contribution in [0.25, 0.3) is 11.1 Å². The molecule has 1 N–H and O–H groups in total. The molecule has 6 nitrogen and oxygen atoms in total. The largest absolute Gasteiger partial charge is 0.497 e. The number of benzene rings is 4. The van der Waals surface area contributed by atoms with Crippen LogP contribution >= 0.6 is 0 Å². The highest BCUT2D eigenvalue weighted by atomic mass is 16.5. The second kappa shape index (κ2) is 12.5. The third-order valence-electron chi connectivity index (χ3n) is 7.08. The van der Waals surface area contributed by atoms with Crippen LogP contribution in [-0.4, -0.2) is 50.7 Å². The lowest BCUT2D eigenvalue weighted by Crippen LogP contribution is -2.46. The van der Waals surface area contributed by atoms with Crippen molar-refractivity contribution in [3.8, 4) is 22.6 Å². The Balaban J connectivity index is 1.17. The number of amides is 1. The normalized spacial score (nSPS) is 13.6. The zero-order valence-corrected chi connectivity index (χ0v) is 22.6. The molecular formula is C33H35N3O3. The van der Waals surface area contributed by atoms with Crippen LogP contribution in [0.2, 0.25) is 0 Å². The van der Waals surface area contributed by atoms with Crippen molar-refractivity contribution in [1.82, 2.24) is 4.90 Å². The molecule has 6 heteroatoms. The van der Waals surface area contributed by atoms with Gasteiger partial charge in [0, 0.05) is 49.7 Å². The molecule has 39 heavy (non-hydrogen) atoms. The van der Waals surface area contributed by atoms with E-state index in [2.05, 4.69) is 57.6 Å². The summed E-state index contributed by atoms with van der Waals surface area (Å²) in [5, 5.41) is 2.94. The number of nitrogens with one attached hydrogen (secondary N) is 1. The number of ether oxygens (including phenoxy) is 2. The van der Waals surface area contributed by atoms with Crippen molar-refractivity contribution >= 4 is 17.3 Å². The average molecular weight is 522 g/mol. The van der Waals surface area contributed by atoms with Crippen LogP contribution in [0.15, 0.2) is 97.1 Å². The minimum absolute atomic E-state index is 0.123. The summed E-state index contributed by atoms with van der Waals surface area (Å²) in [6.45, 7) is 7.43. The van der Waals surface area contributed by atoms with Gasteiger partial charge >= 0.3 is 0 Å². The summed E-state index contributed by atoms with van der Waals surface area (Å²) in [4.78, 5) is 17.6. The van der Waals surface area contributed by atoms with Crippen molar-refractivity contribution in [3.63, 3.8) is 0 Å². The van der Waals surface area contributed by atoms with Crippen molar-refractivity contribution < 1.29 is 14.3 Å². The SMILES string of the molecule is CCOc1cccc(-c2ccccc2CN2CCN(c3ccc(C(=O)Nc4ccc(OC)cc4)cc3)CC2)c1. The monoisotopic (exact) mass is 521 g/mol. The number of rotatable bonds is 9. The molecule has 4 aromatic carbocycles. The van der Waals surface area contributed by atoms with Gasteiger partial charge in [-0.3, -0.25) is 9.69 Å². The predicted octanol–water partition coefficient (Wildman–Crippen LogP) is 6.34. The minimum Gasteiger partial charge on any atom is -0.497 e. The first-order valence-electron chi connectivity index (χ1n) is 13.5. The van der Waals surface area contributed by atoms with E-state index < -0.39 is 0 Å². The molecule has 1 amide bonds. The van der Waals surface area contributed by atoms with E-state index >= 15 is 0 Å². The van der Waals surface area contributed by atoms with Crippen LogP contribution in [0, 0.1) is 0 Å². The summed E-state index contributed by atoms with van der Waals surface area (Å²) in [5.41, 5.74) is 6.29. The van der Waals surface area contributed by atoms with Crippen molar-refractivity contribution in [1.29, 1.82) is 0 Å². The van der Waals surface area contributed by atoms with Crippen molar-refractivity contribution in [2.45, 2.75) is 13.5 Å². The molecule has 0 aliphatic carbocycles. The van der Waals surface area contributed by atoms with E-state index in [9.17, 15) is 4.79 Å². The van der Waals surface area contributed by atoms with Crippen LogP contribution in [0.3, 0.4) is 0 Å². The van der Waals surface area contributed by atoms with Gasteiger partial charge in [0.05, 0.1) is 13.7 Å². The zero-order chi connectivity index (χ0) is 27.0. The van der Waals surface area contributed by atoms with Gasteiger partial charge in [0.2, 0.25) is 0 Å². The molecule has 1 fully saturated rings. The summed E-state index contributed by atoms with van der Waals surface area (Å²) in [6.07, 6.45) is 0. The van der Waals surface area contributed by atoms with Crippen LogP contribution in [0.4, 0.5) is 11.4 Å². The van der Waals surface area contributed by atoms with Crippen molar-refractivity contribution in [2.75, 3.05) is 50.1 Å². The Labute approximate surface area is 230 Å². The summed E-state index contributed by atoms with van der Waals surface area (Å²) >= 11 is 0. The van der Waals surface area contributed by atoms with Crippen LogP contribution in [0.1, 0.15) is 22.8 Å². The number of carbonyl (C=O) groups excluding carboxylic acids is 1. The van der Waals surface area contributed by atoms with E-state index in [-0.39, 0.29) is 5.91 Å². The number of anilines is 2. The fraction of sp³-hybridized carbons (Fsp3) is 0.242. The number of hydrogen-bond acceptors (Lipinski definition) is 5. The maximum Gasteiger partial charge on any atom is 0.255 e. The topological polar surface area (TPSA) is 54.0 Å². The smallest absolute Gasteiger partial charge is 0.255 e. The van der Waals surface area contributed by atoms with Crippen molar-refractivity contribution in [2.24, 2.45) is 0 Å². The highest BCUT2D eigenvalue weighted by Crippen LogP contribution is 2.28. The molecule has 1 heterocycles. The van der Waals surface area contributed by atoms with Gasteiger partial charge in [0.1, 0.15) is 11.5 Å². The van der Waals surface area contributed by atoms with E-state index in [1.807, 2.05) is 61.5 Å². The lowest BCUT2D eigenvalue weighted by molar-refractivity contribution is 0.102. The molecule has 5 rings (SSSR count). The molecule has 4 aromatic rings. The fourth-order valence-electron chi connectivity index (χ4n) is 4.97. The van der Waals surface area contributed by atoms with Gasteiger partial charge in [-0.2, -0.15) is 0 Å². The van der Waals surface area contributed by atoms with Crippen LogP contribution in [-0.2, 0) is 6.54 Å². The van der Waals surface area contributed by atoms with Gasteiger partial charge in [-0.1, -0.05) is 36.4 Å². The highest BCUT2D eigenvalue weighted by Gasteiger charge is 2.19. The average Bonchev–Trinajstić information content (AvgIpc) is 2.99. The molecular weight excluding hydrogens is 486 g/mol. The molecule has 200 valence electrons. The Hall–Kier alpha value is -4.29. The fourth-order valence-corrected chi connectivity index (χ4v) is 4.97. The Kier molecular flexibility index (Phi) is 8.44. The molecule has 0 radical (unpaired) electrons. The maximum atomic E-state index is 12.7. The molecule has 0 bridgehead atoms. The predicted molar refractivity (Wildman–Crippen MR) is 158 cm³/mol. The Morgan fingerprint density at radius 3 is 2.28 bits per heavy atom. The van der Waals surface area contributed by atoms with Gasteiger partial charge in [-0.25, -0.2) is 0 Å². The van der Waals surface area contributed by atoms with E-state index in [1.54, 1.807) is 7.11 Å². The number of methoxy groups -OCH3 is 1. The highest BCUT2D eigenvalue weighted by molar-refractivity contribution is 6.04. The maximum absolute atomic E-state index is 12.7. The third-order valence-corrected chi connectivity index (χ3v) is 7.08. The summed E-state index contributed by atoms with van der Waals surface area (Å²) < 4.78 is 10.9. The van der Waals surface area contributed by atoms with Gasteiger partial charge in [-0.15, -0.1) is 0 Å². The Morgan fingerprint density at radius 1 is 0.821 bits per heavy atom. The standard InChI is InChI=1S/C33H35N3O3/c1-3-39-31-9-6-8-26(23-31)32-10-5-4-7-27(32)24-35-19-21-36(22-20-35)29-15-11-25(12-16-29)33(37)34-28-13-17-30(38-2)18-14-28/h4-18,23H,3,19-22,24H2,1-2H3,(H,34,37). The van der Waals surface area contributed by atoms with Gasteiger partial charge in [0.25, 0.3) is 5.91 Å². The van der Waals surface area contributed by atoms with E-state index in [0.717, 1.165) is 55.6 Å². The first kappa shape index (κ1) is 26.3. The second-order valence-electron chi connectivity index (χ2n) is 9.61. The van der Waals surface area contributed by atoms with Gasteiger partial charge in [0.15, 0.2) is 0 Å². The molecule has 1 aliphatic heterocycles. The lowest BCUT2D eigenvalue weighted by Gasteiger charge is -2.36. The third kappa shape index (κ3) is 6.59. The molecule has 0 spiro atoms. The van der Waals surface area contributed by atoms with Crippen LogP contribution < -0.4 is 19.7 Å². The Morgan fingerprint density at radius 2 is 1.56 bits per heavy atom. The van der Waals surface area contributed by atoms with E-state index in [1.165, 1.54) is 16.7 Å². The summed E-state index contributed by atoms with van der Waals surface area (Å²) in [7, 11) is 1.62. The second-order valence-corrected chi connectivity index (χ2v) is 9.61. The molecule has 1 aliphatic rings. The number of hydrogen-bond donors (Lipinski definition) is 1. The van der Waals surface area contributed by atoms with Crippen LogP contribution in [0.5, 0.6) is 11.5 Å². The first-order valence-corrected chi connectivity index (χ1v) is 13.5. The van der Waals surface area contributed by atoms with E-state index in [0.29, 0.717) is 12.2 Å². The number of piperazine rings is 1. The van der Waals surface area contributed by atoms with Gasteiger partial charge in [-0.05, 0) is 84.3 Å². The summed E-state index contributed by atoms with van der Waals surface area (Å²) in [5.74, 6) is 1.54. The summed E-state index contributed by atoms with van der Waals surface area (Å²) in [6, 6.07) is 32.2. The van der Waals surface area contributed by atoms with Gasteiger partial charge < -0.3 is 19.7 Å². The number of nitrogens with zero attached hydrogens (tertiary/aromatic N) is 2. The molecule has 0 saturated carbocycles. The van der Waals surface area contributed by atoms with E-state index in [4.69, 9.17) is 9.47 Å². The lowest BCUT2D eigenvalue weighted by atomic mass is 9.99. The molecule has 0 aromatic heterocycles. The molecule has 1 saturated heterocycles.